The van der Waals surface area contributed by atoms with Gasteiger partial charge < -0.3 is 24.1 Å². The van der Waals surface area contributed by atoms with Gasteiger partial charge in [-0.2, -0.15) is 4.98 Å². The fourth-order valence-electron chi connectivity index (χ4n) is 3.71. The predicted molar refractivity (Wildman–Crippen MR) is 131 cm³/mol. The lowest BCUT2D eigenvalue weighted by Gasteiger charge is -2.13. The molecule has 0 bridgehead atoms. The van der Waals surface area contributed by atoms with Crippen molar-refractivity contribution < 1.29 is 23.5 Å². The summed E-state index contributed by atoms with van der Waals surface area (Å²) >= 11 is 0. The van der Waals surface area contributed by atoms with E-state index in [2.05, 4.69) is 27.6 Å². The van der Waals surface area contributed by atoms with Crippen molar-refractivity contribution in [2.24, 2.45) is 5.92 Å². The molecule has 1 heterocycles. The molecule has 0 fully saturated rings. The Morgan fingerprint density at radius 1 is 1.03 bits per heavy atom. The molecular formula is C26H41N3O5. The zero-order valence-electron chi connectivity index (χ0n) is 21.2. The molecule has 0 saturated carbocycles. The number of carbonyl (C=O) groups excluding carboxylic acids is 1. The van der Waals surface area contributed by atoms with Gasteiger partial charge in [-0.1, -0.05) is 37.4 Å². The molecule has 0 aliphatic heterocycles. The minimum atomic E-state index is 0.0325. The van der Waals surface area contributed by atoms with Crippen LogP contribution in [-0.2, 0) is 22.4 Å². The standard InChI is InChI=1S/C26H41N3O5/c1-20(26(30)27-16-9-13-25-28-21(2)29-34-25)11-7-5-6-8-12-22-14-15-23(32-4)24(19-22)33-18-10-17-31-3/h14-15,19-20H,5-13,16-18H2,1-4H3,(H,27,30)/t20-/m1/s1. The average molecular weight is 476 g/mol. The lowest BCUT2D eigenvalue weighted by molar-refractivity contribution is -0.124. The highest BCUT2D eigenvalue weighted by Gasteiger charge is 2.12. The SMILES string of the molecule is COCCCOc1cc(CCCCCC[C@@H](C)C(=O)NCCCc2nc(C)no2)ccc1OC. The van der Waals surface area contributed by atoms with Gasteiger partial charge in [0.15, 0.2) is 17.3 Å². The van der Waals surface area contributed by atoms with Gasteiger partial charge in [0.05, 0.1) is 13.7 Å². The average Bonchev–Trinajstić information content (AvgIpc) is 3.26. The maximum Gasteiger partial charge on any atom is 0.226 e. The molecule has 8 nitrogen and oxygen atoms in total. The molecule has 2 aromatic rings. The number of aryl methyl sites for hydroxylation is 3. The third kappa shape index (κ3) is 10.5. The van der Waals surface area contributed by atoms with Crippen molar-refractivity contribution in [3.8, 4) is 11.5 Å². The maximum atomic E-state index is 12.3. The topological polar surface area (TPSA) is 95.7 Å². The van der Waals surface area contributed by atoms with E-state index in [0.29, 0.717) is 37.9 Å². The highest BCUT2D eigenvalue weighted by molar-refractivity contribution is 5.78. The Balaban J connectivity index is 1.56. The largest absolute Gasteiger partial charge is 0.493 e. The van der Waals surface area contributed by atoms with Crippen LogP contribution in [0.2, 0.25) is 0 Å². The first kappa shape index (κ1) is 27.6. The highest BCUT2D eigenvalue weighted by Crippen LogP contribution is 2.29. The molecular weight excluding hydrogens is 434 g/mol. The summed E-state index contributed by atoms with van der Waals surface area (Å²) in [6.45, 7) is 5.72. The van der Waals surface area contributed by atoms with E-state index in [0.717, 1.165) is 62.9 Å². The Hall–Kier alpha value is -2.61. The van der Waals surface area contributed by atoms with E-state index in [-0.39, 0.29) is 11.8 Å². The van der Waals surface area contributed by atoms with Crippen molar-refractivity contribution in [3.63, 3.8) is 0 Å². The molecule has 190 valence electrons. The number of nitrogens with zero attached hydrogens (tertiary/aromatic N) is 2. The van der Waals surface area contributed by atoms with Crippen LogP contribution in [0.3, 0.4) is 0 Å². The fraction of sp³-hybridized carbons (Fsp3) is 0.654. The zero-order valence-corrected chi connectivity index (χ0v) is 21.2. The smallest absolute Gasteiger partial charge is 0.226 e. The van der Waals surface area contributed by atoms with Crippen molar-refractivity contribution >= 4 is 5.91 Å². The summed E-state index contributed by atoms with van der Waals surface area (Å²) in [4.78, 5) is 16.4. The van der Waals surface area contributed by atoms with Crippen LogP contribution >= 0.6 is 0 Å². The number of amides is 1. The molecule has 1 N–H and O–H groups in total. The van der Waals surface area contributed by atoms with Crippen molar-refractivity contribution in [1.82, 2.24) is 15.5 Å². The van der Waals surface area contributed by atoms with Crippen LogP contribution in [0.1, 0.15) is 69.1 Å². The van der Waals surface area contributed by atoms with Crippen LogP contribution in [0.25, 0.3) is 0 Å². The number of aromatic nitrogens is 2. The number of unbranched alkanes of at least 4 members (excludes halogenated alkanes) is 3. The van der Waals surface area contributed by atoms with Gasteiger partial charge in [0, 0.05) is 39.0 Å². The van der Waals surface area contributed by atoms with Gasteiger partial charge in [0.1, 0.15) is 0 Å². The van der Waals surface area contributed by atoms with Crippen LogP contribution in [0.4, 0.5) is 0 Å². The van der Waals surface area contributed by atoms with Gasteiger partial charge in [0.25, 0.3) is 0 Å². The summed E-state index contributed by atoms with van der Waals surface area (Å²) in [5.41, 5.74) is 1.26. The van der Waals surface area contributed by atoms with E-state index in [1.807, 2.05) is 13.0 Å². The molecule has 1 aromatic heterocycles. The predicted octanol–water partition coefficient (Wildman–Crippen LogP) is 4.68. The Labute approximate surface area is 203 Å². The Bertz CT molecular complexity index is 840. The van der Waals surface area contributed by atoms with Crippen molar-refractivity contribution in [1.29, 1.82) is 0 Å². The molecule has 8 heteroatoms. The summed E-state index contributed by atoms with van der Waals surface area (Å²) in [5, 5.41) is 6.78. The maximum absolute atomic E-state index is 12.3. The van der Waals surface area contributed by atoms with Crippen LogP contribution in [0.5, 0.6) is 11.5 Å². The monoisotopic (exact) mass is 475 g/mol. The van der Waals surface area contributed by atoms with Gasteiger partial charge in [-0.25, -0.2) is 0 Å². The summed E-state index contributed by atoms with van der Waals surface area (Å²) in [7, 11) is 3.36. The number of hydrogen-bond acceptors (Lipinski definition) is 7. The summed E-state index contributed by atoms with van der Waals surface area (Å²) < 4.78 is 21.4. The van der Waals surface area contributed by atoms with E-state index >= 15 is 0 Å². The van der Waals surface area contributed by atoms with E-state index in [9.17, 15) is 4.79 Å². The third-order valence-electron chi connectivity index (χ3n) is 5.71. The highest BCUT2D eigenvalue weighted by atomic mass is 16.5. The van der Waals surface area contributed by atoms with E-state index in [4.69, 9.17) is 18.7 Å². The molecule has 0 radical (unpaired) electrons. The molecule has 2 rings (SSSR count). The molecule has 0 spiro atoms. The molecule has 1 atom stereocenters. The second-order valence-electron chi connectivity index (χ2n) is 8.66. The molecule has 0 aliphatic rings. The molecule has 34 heavy (non-hydrogen) atoms. The normalized spacial score (nSPS) is 11.9. The lowest BCUT2D eigenvalue weighted by atomic mass is 10.00. The number of carbonyl (C=O) groups is 1. The second-order valence-corrected chi connectivity index (χ2v) is 8.66. The van der Waals surface area contributed by atoms with Crippen LogP contribution in [0, 0.1) is 12.8 Å². The Morgan fingerprint density at radius 3 is 2.59 bits per heavy atom. The quantitative estimate of drug-likeness (QED) is 0.313. The van der Waals surface area contributed by atoms with E-state index in [1.165, 1.54) is 5.56 Å². The van der Waals surface area contributed by atoms with E-state index < -0.39 is 0 Å². The Morgan fingerprint density at radius 2 is 1.85 bits per heavy atom. The van der Waals surface area contributed by atoms with Gasteiger partial charge >= 0.3 is 0 Å². The Kier molecular flexibility index (Phi) is 13.1. The first-order valence-electron chi connectivity index (χ1n) is 12.4. The first-order valence-corrected chi connectivity index (χ1v) is 12.4. The van der Waals surface area contributed by atoms with Gasteiger partial charge in [-0.3, -0.25) is 4.79 Å². The summed E-state index contributed by atoms with van der Waals surface area (Å²) in [6.07, 6.45) is 8.71. The van der Waals surface area contributed by atoms with Crippen LogP contribution in [0.15, 0.2) is 22.7 Å². The zero-order chi connectivity index (χ0) is 24.6. The molecule has 1 amide bonds. The molecule has 0 unspecified atom stereocenters. The first-order chi connectivity index (χ1) is 16.5. The number of nitrogens with one attached hydrogen (secondary N) is 1. The summed E-state index contributed by atoms with van der Waals surface area (Å²) in [6, 6.07) is 6.16. The molecule has 0 aliphatic carbocycles. The van der Waals surface area contributed by atoms with Gasteiger partial charge in [-0.15, -0.1) is 0 Å². The lowest BCUT2D eigenvalue weighted by Crippen LogP contribution is -2.30. The van der Waals surface area contributed by atoms with Gasteiger partial charge in [-0.05, 0) is 50.3 Å². The van der Waals surface area contributed by atoms with Crippen LogP contribution < -0.4 is 14.8 Å². The van der Waals surface area contributed by atoms with E-state index in [1.54, 1.807) is 21.1 Å². The van der Waals surface area contributed by atoms with Crippen molar-refractivity contribution in [2.45, 2.75) is 71.6 Å². The second kappa shape index (κ2) is 16.1. The minimum absolute atomic E-state index is 0.0325. The fourth-order valence-corrected chi connectivity index (χ4v) is 3.71. The number of methoxy groups -OCH3 is 2. The third-order valence-corrected chi connectivity index (χ3v) is 5.71. The number of hydrogen-bond donors (Lipinski definition) is 1. The van der Waals surface area contributed by atoms with Gasteiger partial charge in [0.2, 0.25) is 11.8 Å². The summed E-state index contributed by atoms with van der Waals surface area (Å²) in [5.74, 6) is 2.98. The molecule has 1 aromatic carbocycles. The number of ether oxygens (including phenoxy) is 3. The van der Waals surface area contributed by atoms with Crippen molar-refractivity contribution in [3.05, 3.63) is 35.5 Å². The molecule has 0 saturated heterocycles. The number of rotatable bonds is 18. The minimum Gasteiger partial charge on any atom is -0.493 e. The number of benzene rings is 1. The van der Waals surface area contributed by atoms with Crippen molar-refractivity contribution in [2.75, 3.05) is 34.0 Å². The van der Waals surface area contributed by atoms with Crippen LogP contribution in [-0.4, -0.2) is 50.0 Å².